The Bertz CT molecular complexity index is 226. The van der Waals surface area contributed by atoms with Crippen LogP contribution in [0.25, 0.3) is 0 Å². The SMILES string of the molecule is CC(=O)ONB(OC(C)=O)OC(C)=O. The Kier molecular flexibility index (Phi) is 5.31. The Hall–Kier alpha value is -1.57. The Morgan fingerprint density at radius 3 is 1.64 bits per heavy atom. The van der Waals surface area contributed by atoms with Gasteiger partial charge in [0.1, 0.15) is 0 Å². The van der Waals surface area contributed by atoms with Crippen molar-refractivity contribution in [1.82, 2.24) is 5.39 Å². The second-order valence-electron chi connectivity index (χ2n) is 2.26. The Balaban J connectivity index is 4.03. The quantitative estimate of drug-likeness (QED) is 0.470. The largest absolute Gasteiger partial charge is 0.737 e. The maximum atomic E-state index is 10.5. The molecule has 0 saturated carbocycles. The van der Waals surface area contributed by atoms with E-state index in [-0.39, 0.29) is 0 Å². The van der Waals surface area contributed by atoms with Crippen LogP contribution in [0.3, 0.4) is 0 Å². The van der Waals surface area contributed by atoms with Gasteiger partial charge < -0.3 is 14.1 Å². The summed E-state index contributed by atoms with van der Waals surface area (Å²) in [6, 6.07) is 0. The summed E-state index contributed by atoms with van der Waals surface area (Å²) in [7, 11) is -1.42. The predicted molar refractivity (Wildman–Crippen MR) is 44.2 cm³/mol. The zero-order valence-corrected chi connectivity index (χ0v) is 8.03. The molecule has 0 aromatic heterocycles. The number of nitrogens with one attached hydrogen (secondary N) is 1. The molecule has 0 heterocycles. The Labute approximate surface area is 80.8 Å². The molecule has 0 unspecified atom stereocenters. The minimum atomic E-state index is -1.42. The third-order valence-corrected chi connectivity index (χ3v) is 0.845. The van der Waals surface area contributed by atoms with Gasteiger partial charge in [0, 0.05) is 20.8 Å². The molecule has 0 radical (unpaired) electrons. The molecular formula is C6H10BNO6. The summed E-state index contributed by atoms with van der Waals surface area (Å²) < 4.78 is 8.88. The lowest BCUT2D eigenvalue weighted by Crippen LogP contribution is -2.43. The number of hydrogen-bond donors (Lipinski definition) is 1. The minimum Gasteiger partial charge on any atom is -0.483 e. The lowest BCUT2D eigenvalue weighted by Gasteiger charge is -2.11. The molecule has 0 amide bonds. The van der Waals surface area contributed by atoms with Crippen molar-refractivity contribution in [2.24, 2.45) is 0 Å². The summed E-state index contributed by atoms with van der Waals surface area (Å²) in [6.07, 6.45) is 0. The van der Waals surface area contributed by atoms with Crippen LogP contribution in [0, 0.1) is 0 Å². The van der Waals surface area contributed by atoms with Gasteiger partial charge in [-0.25, -0.2) is 0 Å². The first-order chi connectivity index (χ1) is 6.41. The van der Waals surface area contributed by atoms with Crippen molar-refractivity contribution in [1.29, 1.82) is 0 Å². The smallest absolute Gasteiger partial charge is 0.483 e. The van der Waals surface area contributed by atoms with Gasteiger partial charge in [-0.3, -0.25) is 14.4 Å². The van der Waals surface area contributed by atoms with Crippen molar-refractivity contribution in [3.8, 4) is 0 Å². The molecule has 0 aromatic carbocycles. The summed E-state index contributed by atoms with van der Waals surface area (Å²) in [6.45, 7) is 3.36. The van der Waals surface area contributed by atoms with E-state index < -0.39 is 25.2 Å². The van der Waals surface area contributed by atoms with Crippen LogP contribution in [-0.2, 0) is 28.5 Å². The van der Waals surface area contributed by atoms with Crippen molar-refractivity contribution >= 4 is 25.2 Å². The van der Waals surface area contributed by atoms with Gasteiger partial charge in [-0.2, -0.15) is 0 Å². The van der Waals surface area contributed by atoms with E-state index in [0.29, 0.717) is 0 Å². The average Bonchev–Trinajstić information content (AvgIpc) is 1.97. The van der Waals surface area contributed by atoms with Gasteiger partial charge in [0.25, 0.3) is 11.9 Å². The highest BCUT2D eigenvalue weighted by molar-refractivity contribution is 6.45. The molecule has 0 spiro atoms. The van der Waals surface area contributed by atoms with Crippen LogP contribution in [0.2, 0.25) is 0 Å². The number of carbonyl (C=O) groups is 3. The Morgan fingerprint density at radius 1 is 0.929 bits per heavy atom. The summed E-state index contributed by atoms with van der Waals surface area (Å²) in [5, 5.41) is 1.95. The Morgan fingerprint density at radius 2 is 1.36 bits per heavy atom. The van der Waals surface area contributed by atoms with Crippen LogP contribution >= 0.6 is 0 Å². The molecule has 0 bridgehead atoms. The molecule has 0 rings (SSSR count). The standard InChI is InChI=1S/C6H10BNO6/c1-4(9)12-7(13-5(2)10)8-14-6(3)11/h8H,1-3H3. The summed E-state index contributed by atoms with van der Waals surface area (Å²) >= 11 is 0. The molecule has 7 nitrogen and oxygen atoms in total. The fourth-order valence-electron chi connectivity index (χ4n) is 0.505. The molecule has 0 aliphatic rings. The van der Waals surface area contributed by atoms with Gasteiger partial charge in [0.15, 0.2) is 0 Å². The van der Waals surface area contributed by atoms with E-state index in [2.05, 4.69) is 14.1 Å². The van der Waals surface area contributed by atoms with Gasteiger partial charge in [0.05, 0.1) is 0 Å². The third kappa shape index (κ3) is 7.10. The molecule has 0 atom stereocenters. The van der Waals surface area contributed by atoms with Gasteiger partial charge in [0.2, 0.25) is 0 Å². The molecular weight excluding hydrogens is 193 g/mol. The lowest BCUT2D eigenvalue weighted by atomic mass is 10.1. The highest BCUT2D eigenvalue weighted by Gasteiger charge is 2.28. The van der Waals surface area contributed by atoms with E-state index >= 15 is 0 Å². The van der Waals surface area contributed by atoms with E-state index in [1.54, 1.807) is 0 Å². The van der Waals surface area contributed by atoms with Crippen LogP contribution in [-0.4, -0.2) is 25.2 Å². The first kappa shape index (κ1) is 12.4. The maximum Gasteiger partial charge on any atom is 0.737 e. The molecule has 0 aromatic rings. The van der Waals surface area contributed by atoms with Crippen molar-refractivity contribution in [3.05, 3.63) is 0 Å². The lowest BCUT2D eigenvalue weighted by molar-refractivity contribution is -0.150. The van der Waals surface area contributed by atoms with Crippen molar-refractivity contribution in [2.75, 3.05) is 0 Å². The maximum absolute atomic E-state index is 10.5. The van der Waals surface area contributed by atoms with Gasteiger partial charge in [-0.05, 0) is 0 Å². The van der Waals surface area contributed by atoms with Gasteiger partial charge >= 0.3 is 13.2 Å². The van der Waals surface area contributed by atoms with Crippen LogP contribution in [0.4, 0.5) is 0 Å². The highest BCUT2D eigenvalue weighted by atomic mass is 16.7. The molecule has 1 N–H and O–H groups in total. The van der Waals surface area contributed by atoms with Crippen LogP contribution in [0.1, 0.15) is 20.8 Å². The topological polar surface area (TPSA) is 90.9 Å². The van der Waals surface area contributed by atoms with E-state index in [4.69, 9.17) is 0 Å². The molecule has 14 heavy (non-hydrogen) atoms. The summed E-state index contributed by atoms with van der Waals surface area (Å²) in [5.41, 5.74) is 0. The number of hydrogen-bond acceptors (Lipinski definition) is 7. The molecule has 0 aliphatic carbocycles. The van der Waals surface area contributed by atoms with Crippen LogP contribution in [0.5, 0.6) is 0 Å². The van der Waals surface area contributed by atoms with Crippen molar-refractivity contribution in [3.63, 3.8) is 0 Å². The van der Waals surface area contributed by atoms with Gasteiger partial charge in [-0.15, -0.1) is 5.39 Å². The third-order valence-electron chi connectivity index (χ3n) is 0.845. The molecule has 0 fully saturated rings. The van der Waals surface area contributed by atoms with Crippen LogP contribution in [0.15, 0.2) is 0 Å². The molecule has 0 aliphatic heterocycles. The zero-order chi connectivity index (χ0) is 11.1. The second-order valence-corrected chi connectivity index (χ2v) is 2.26. The first-order valence-corrected chi connectivity index (χ1v) is 3.69. The van der Waals surface area contributed by atoms with E-state index in [0.717, 1.165) is 20.8 Å². The molecule has 78 valence electrons. The zero-order valence-electron chi connectivity index (χ0n) is 8.03. The van der Waals surface area contributed by atoms with Gasteiger partial charge in [-0.1, -0.05) is 0 Å². The van der Waals surface area contributed by atoms with Crippen molar-refractivity contribution < 1.29 is 28.5 Å². The molecule has 8 heteroatoms. The normalized spacial score (nSPS) is 8.79. The minimum absolute atomic E-state index is 0.658. The summed E-state index contributed by atoms with van der Waals surface area (Å²) in [5.74, 6) is -2.03. The monoisotopic (exact) mass is 203 g/mol. The molecule has 0 saturated heterocycles. The second kappa shape index (κ2) is 5.98. The fraction of sp³-hybridized carbons (Fsp3) is 0.500. The number of rotatable bonds is 4. The highest BCUT2D eigenvalue weighted by Crippen LogP contribution is 1.88. The van der Waals surface area contributed by atoms with E-state index in [9.17, 15) is 14.4 Å². The number of carbonyl (C=O) groups excluding carboxylic acids is 3. The summed E-state index contributed by atoms with van der Waals surface area (Å²) in [4.78, 5) is 35.6. The predicted octanol–water partition coefficient (Wildman–Crippen LogP) is -0.835. The van der Waals surface area contributed by atoms with Crippen LogP contribution < -0.4 is 5.39 Å². The first-order valence-electron chi connectivity index (χ1n) is 3.69. The average molecular weight is 203 g/mol. The fourth-order valence-corrected chi connectivity index (χ4v) is 0.505. The van der Waals surface area contributed by atoms with E-state index in [1.165, 1.54) is 0 Å². The van der Waals surface area contributed by atoms with Crippen molar-refractivity contribution in [2.45, 2.75) is 20.8 Å². The van der Waals surface area contributed by atoms with E-state index in [1.807, 2.05) is 5.39 Å².